The van der Waals surface area contributed by atoms with Gasteiger partial charge in [-0.2, -0.15) is 5.26 Å². The van der Waals surface area contributed by atoms with E-state index in [0.717, 1.165) is 42.7 Å². The zero-order valence-electron chi connectivity index (χ0n) is 16.8. The van der Waals surface area contributed by atoms with Crippen molar-refractivity contribution in [3.8, 4) is 6.07 Å². The molecule has 3 N–H and O–H groups in total. The van der Waals surface area contributed by atoms with Gasteiger partial charge in [0.2, 0.25) is 0 Å². The third-order valence-corrected chi connectivity index (χ3v) is 5.72. The van der Waals surface area contributed by atoms with Gasteiger partial charge in [0.25, 0.3) is 0 Å². The Morgan fingerprint density at radius 3 is 2.72 bits per heavy atom. The SMILES string of the molecule is Cc1c(N=C(N)c2cccc(C#N)c2)ccc2c1c(C1CCNCC1)cn2C.Cl. The number of nitriles is 1. The van der Waals surface area contributed by atoms with Gasteiger partial charge in [0.1, 0.15) is 5.84 Å². The minimum Gasteiger partial charge on any atom is -0.383 e. The third kappa shape index (κ3) is 4.00. The van der Waals surface area contributed by atoms with E-state index in [2.05, 4.69) is 42.2 Å². The van der Waals surface area contributed by atoms with Crippen molar-refractivity contribution in [3.63, 3.8) is 0 Å². The van der Waals surface area contributed by atoms with Crippen LogP contribution < -0.4 is 11.1 Å². The van der Waals surface area contributed by atoms with E-state index < -0.39 is 0 Å². The van der Waals surface area contributed by atoms with E-state index in [9.17, 15) is 0 Å². The minimum atomic E-state index is 0. The first-order valence-electron chi connectivity index (χ1n) is 9.72. The van der Waals surface area contributed by atoms with Gasteiger partial charge >= 0.3 is 0 Å². The lowest BCUT2D eigenvalue weighted by atomic mass is 9.88. The molecule has 0 amide bonds. The second-order valence-electron chi connectivity index (χ2n) is 7.51. The summed E-state index contributed by atoms with van der Waals surface area (Å²) < 4.78 is 2.22. The van der Waals surface area contributed by atoms with Crippen LogP contribution in [0.25, 0.3) is 10.9 Å². The monoisotopic (exact) mass is 407 g/mol. The summed E-state index contributed by atoms with van der Waals surface area (Å²) in [6.45, 7) is 4.27. The highest BCUT2D eigenvalue weighted by Gasteiger charge is 2.21. The molecule has 2 aromatic carbocycles. The van der Waals surface area contributed by atoms with Crippen LogP contribution in [0.15, 0.2) is 47.6 Å². The van der Waals surface area contributed by atoms with Gasteiger partial charge in [0.15, 0.2) is 0 Å². The quantitative estimate of drug-likeness (QED) is 0.502. The third-order valence-electron chi connectivity index (χ3n) is 5.72. The van der Waals surface area contributed by atoms with Crippen LogP contribution in [-0.4, -0.2) is 23.5 Å². The normalized spacial score (nSPS) is 15.1. The molecule has 1 fully saturated rings. The van der Waals surface area contributed by atoms with Crippen molar-refractivity contribution in [1.82, 2.24) is 9.88 Å². The van der Waals surface area contributed by atoms with Crippen LogP contribution in [0.4, 0.5) is 5.69 Å². The Morgan fingerprint density at radius 2 is 2.00 bits per heavy atom. The van der Waals surface area contributed by atoms with Crippen molar-refractivity contribution in [2.24, 2.45) is 17.8 Å². The number of benzene rings is 2. The molecule has 0 radical (unpaired) electrons. The fourth-order valence-corrected chi connectivity index (χ4v) is 4.19. The van der Waals surface area contributed by atoms with E-state index in [4.69, 9.17) is 16.0 Å². The number of rotatable bonds is 3. The van der Waals surface area contributed by atoms with Crippen LogP contribution in [-0.2, 0) is 7.05 Å². The van der Waals surface area contributed by atoms with Gasteiger partial charge in [0.05, 0.1) is 17.3 Å². The van der Waals surface area contributed by atoms with Crippen LogP contribution in [0.5, 0.6) is 0 Å². The molecule has 1 aliphatic rings. The molecule has 0 spiro atoms. The molecule has 5 nitrogen and oxygen atoms in total. The number of hydrogen-bond donors (Lipinski definition) is 2. The zero-order valence-corrected chi connectivity index (χ0v) is 17.6. The van der Waals surface area contributed by atoms with E-state index in [1.165, 1.54) is 16.5 Å². The summed E-state index contributed by atoms with van der Waals surface area (Å²) in [6, 6.07) is 13.6. The standard InChI is InChI=1S/C23H25N5.ClH/c1-15-20(27-23(25)18-5-3-4-16(12-18)13-24)6-7-21-22(15)19(14-28(21)2)17-8-10-26-11-9-17;/h3-7,12,14,17,26H,8-11H2,1-2H3,(H2,25,27);1H. The highest BCUT2D eigenvalue weighted by atomic mass is 35.5. The lowest BCUT2D eigenvalue weighted by molar-refractivity contribution is 0.462. The summed E-state index contributed by atoms with van der Waals surface area (Å²) in [6.07, 6.45) is 4.60. The van der Waals surface area contributed by atoms with Crippen LogP contribution in [0, 0.1) is 18.3 Å². The van der Waals surface area contributed by atoms with E-state index in [0.29, 0.717) is 17.3 Å². The fourth-order valence-electron chi connectivity index (χ4n) is 4.19. The fraction of sp³-hybridized carbons (Fsp3) is 0.304. The Balaban J connectivity index is 0.00000240. The summed E-state index contributed by atoms with van der Waals surface area (Å²) in [5.41, 5.74) is 12.3. The van der Waals surface area contributed by atoms with Gasteiger partial charge in [0, 0.05) is 29.7 Å². The van der Waals surface area contributed by atoms with Gasteiger partial charge in [-0.15, -0.1) is 12.4 Å². The summed E-state index contributed by atoms with van der Waals surface area (Å²) in [4.78, 5) is 4.71. The number of amidine groups is 1. The van der Waals surface area contributed by atoms with Gasteiger partial charge in [-0.05, 0) is 74.2 Å². The molecule has 3 aromatic rings. The van der Waals surface area contributed by atoms with Gasteiger partial charge in [-0.3, -0.25) is 0 Å². The summed E-state index contributed by atoms with van der Waals surface area (Å²) in [5.74, 6) is 1.01. The molecule has 29 heavy (non-hydrogen) atoms. The number of piperidine rings is 1. The van der Waals surface area contributed by atoms with E-state index in [1.807, 2.05) is 18.2 Å². The minimum absolute atomic E-state index is 0. The van der Waals surface area contributed by atoms with E-state index in [-0.39, 0.29) is 12.4 Å². The number of hydrogen-bond acceptors (Lipinski definition) is 3. The molecule has 6 heteroatoms. The van der Waals surface area contributed by atoms with Crippen LogP contribution in [0.1, 0.15) is 41.0 Å². The highest BCUT2D eigenvalue weighted by Crippen LogP contribution is 2.37. The average Bonchev–Trinajstić information content (AvgIpc) is 3.08. The molecule has 0 aliphatic carbocycles. The number of aromatic nitrogens is 1. The van der Waals surface area contributed by atoms with Crippen LogP contribution >= 0.6 is 12.4 Å². The van der Waals surface area contributed by atoms with Crippen LogP contribution in [0.3, 0.4) is 0 Å². The molecule has 1 saturated heterocycles. The Morgan fingerprint density at radius 1 is 1.24 bits per heavy atom. The lowest BCUT2D eigenvalue weighted by Crippen LogP contribution is -2.26. The number of aryl methyl sites for hydroxylation is 2. The Hall–Kier alpha value is -2.81. The summed E-state index contributed by atoms with van der Waals surface area (Å²) >= 11 is 0. The van der Waals surface area contributed by atoms with Gasteiger partial charge in [-0.25, -0.2) is 4.99 Å². The van der Waals surface area contributed by atoms with Crippen molar-refractivity contribution in [1.29, 1.82) is 5.26 Å². The Kier molecular flexibility index (Phi) is 6.26. The second kappa shape index (κ2) is 8.69. The molecule has 1 aliphatic heterocycles. The molecule has 1 aromatic heterocycles. The first kappa shape index (κ1) is 20.9. The van der Waals surface area contributed by atoms with Crippen molar-refractivity contribution in [2.75, 3.05) is 13.1 Å². The zero-order chi connectivity index (χ0) is 19.7. The van der Waals surface area contributed by atoms with Crippen molar-refractivity contribution < 1.29 is 0 Å². The second-order valence-corrected chi connectivity index (χ2v) is 7.51. The number of aliphatic imine (C=N–C) groups is 1. The van der Waals surface area contributed by atoms with Crippen molar-refractivity contribution in [3.05, 3.63) is 64.8 Å². The molecule has 4 rings (SSSR count). The molecule has 0 bridgehead atoms. The first-order valence-corrected chi connectivity index (χ1v) is 9.72. The number of fused-ring (bicyclic) bond motifs is 1. The predicted molar refractivity (Wildman–Crippen MR) is 121 cm³/mol. The van der Waals surface area contributed by atoms with E-state index in [1.54, 1.807) is 12.1 Å². The molecular formula is C23H26ClN5. The smallest absolute Gasteiger partial charge is 0.131 e. The number of halogens is 1. The Bertz CT molecular complexity index is 1100. The molecular weight excluding hydrogens is 382 g/mol. The van der Waals surface area contributed by atoms with Crippen LogP contribution in [0.2, 0.25) is 0 Å². The topological polar surface area (TPSA) is 79.1 Å². The first-order chi connectivity index (χ1) is 13.6. The Labute approximate surface area is 177 Å². The van der Waals surface area contributed by atoms with Crippen molar-refractivity contribution >= 4 is 34.8 Å². The largest absolute Gasteiger partial charge is 0.383 e. The summed E-state index contributed by atoms with van der Waals surface area (Å²) in [7, 11) is 2.11. The highest BCUT2D eigenvalue weighted by molar-refractivity contribution is 6.00. The maximum Gasteiger partial charge on any atom is 0.131 e. The molecule has 0 unspecified atom stereocenters. The molecule has 2 heterocycles. The maximum absolute atomic E-state index is 9.12. The van der Waals surface area contributed by atoms with Crippen molar-refractivity contribution in [2.45, 2.75) is 25.7 Å². The molecule has 0 saturated carbocycles. The molecule has 150 valence electrons. The maximum atomic E-state index is 9.12. The number of nitrogens with zero attached hydrogens (tertiary/aromatic N) is 3. The van der Waals surface area contributed by atoms with Gasteiger partial charge < -0.3 is 15.6 Å². The average molecular weight is 408 g/mol. The lowest BCUT2D eigenvalue weighted by Gasteiger charge is -2.22. The predicted octanol–water partition coefficient (Wildman–Crippen LogP) is 4.28. The van der Waals surface area contributed by atoms with Gasteiger partial charge in [-0.1, -0.05) is 12.1 Å². The van der Waals surface area contributed by atoms with E-state index >= 15 is 0 Å². The number of nitrogens with one attached hydrogen (secondary N) is 1. The summed E-state index contributed by atoms with van der Waals surface area (Å²) in [5, 5.41) is 13.9. The number of nitrogens with two attached hydrogens (primary N) is 1. The molecule has 0 atom stereocenters.